The molecule has 41 heavy (non-hydrogen) atoms. The molecule has 2 amide bonds. The Morgan fingerprint density at radius 2 is 1.44 bits per heavy atom. The zero-order chi connectivity index (χ0) is 29.1. The molecular weight excluding hydrogens is 548 g/mol. The van der Waals surface area contributed by atoms with Crippen molar-refractivity contribution in [3.8, 4) is 11.1 Å². The summed E-state index contributed by atoms with van der Waals surface area (Å²) in [7, 11) is -4.49. The molecule has 0 unspecified atom stereocenters. The molecule has 11 heteroatoms. The van der Waals surface area contributed by atoms with E-state index in [2.05, 4.69) is 10.6 Å². The predicted molar refractivity (Wildman–Crippen MR) is 151 cm³/mol. The van der Waals surface area contributed by atoms with Crippen LogP contribution in [0.5, 0.6) is 0 Å². The molecule has 4 aromatic rings. The topological polar surface area (TPSA) is 159 Å². The van der Waals surface area contributed by atoms with E-state index in [-0.39, 0.29) is 41.3 Å². The molecular formula is C30H26N2O8S. The summed E-state index contributed by atoms with van der Waals surface area (Å²) in [5, 5.41) is 15.2. The quantitative estimate of drug-likeness (QED) is 0.208. The second-order valence-electron chi connectivity index (χ2n) is 9.58. The first-order valence-electron chi connectivity index (χ1n) is 12.8. The van der Waals surface area contributed by atoms with E-state index in [1.165, 1.54) is 24.3 Å². The molecule has 4 N–H and O–H groups in total. The van der Waals surface area contributed by atoms with Crippen LogP contribution in [0.1, 0.15) is 29.9 Å². The molecule has 0 heterocycles. The van der Waals surface area contributed by atoms with Crippen LogP contribution < -0.4 is 10.6 Å². The number of aliphatic carboxylic acids is 1. The summed E-state index contributed by atoms with van der Waals surface area (Å²) in [6.07, 6.45) is -1.38. The Labute approximate surface area is 235 Å². The molecule has 0 aromatic heterocycles. The van der Waals surface area contributed by atoms with Gasteiger partial charge in [0.25, 0.3) is 10.1 Å². The van der Waals surface area contributed by atoms with Crippen LogP contribution in [0.4, 0.5) is 10.5 Å². The van der Waals surface area contributed by atoms with Crippen molar-refractivity contribution >= 4 is 44.5 Å². The van der Waals surface area contributed by atoms with Crippen molar-refractivity contribution in [2.45, 2.75) is 29.7 Å². The number of benzene rings is 4. The highest BCUT2D eigenvalue weighted by atomic mass is 32.2. The number of carbonyl (C=O) groups excluding carboxylic acids is 2. The third kappa shape index (κ3) is 5.91. The zero-order valence-electron chi connectivity index (χ0n) is 21.6. The molecule has 0 aliphatic heterocycles. The van der Waals surface area contributed by atoms with E-state index in [0.29, 0.717) is 5.39 Å². The van der Waals surface area contributed by atoms with Gasteiger partial charge in [-0.1, -0.05) is 72.8 Å². The first-order valence-corrected chi connectivity index (χ1v) is 14.2. The molecule has 0 radical (unpaired) electrons. The van der Waals surface area contributed by atoms with E-state index in [0.717, 1.165) is 22.3 Å². The van der Waals surface area contributed by atoms with Crippen molar-refractivity contribution in [1.82, 2.24) is 5.32 Å². The standard InChI is InChI=1S/C30H26N2O8S/c33-28(31-25-13-5-12-23-22(25)11-6-14-27(23)41(37,38)39)16-15-26(29(34)35)32-30(36)40-17-24-20-9-3-1-7-18(20)19-8-2-4-10-21(19)24/h1-14,24,26H,15-17H2,(H,31,33)(H,32,36)(H,34,35)(H,37,38,39)/t26-/m0/s1. The normalized spacial score (nSPS) is 13.2. The summed E-state index contributed by atoms with van der Waals surface area (Å²) in [4.78, 5) is 36.8. The molecule has 1 atom stereocenters. The molecule has 0 spiro atoms. The first-order chi connectivity index (χ1) is 19.6. The fraction of sp³-hybridized carbons (Fsp3) is 0.167. The lowest BCUT2D eigenvalue weighted by Crippen LogP contribution is -2.42. The van der Waals surface area contributed by atoms with Crippen LogP contribution in [-0.4, -0.2) is 48.7 Å². The number of carboxylic acids is 1. The van der Waals surface area contributed by atoms with Crippen molar-refractivity contribution < 1.29 is 37.2 Å². The minimum absolute atomic E-state index is 0.0132. The summed E-state index contributed by atoms with van der Waals surface area (Å²) in [6.45, 7) is 0.0132. The van der Waals surface area contributed by atoms with Gasteiger partial charge in [-0.2, -0.15) is 8.42 Å². The van der Waals surface area contributed by atoms with Crippen LogP contribution in [0.2, 0.25) is 0 Å². The zero-order valence-corrected chi connectivity index (χ0v) is 22.4. The number of carbonyl (C=O) groups is 3. The summed E-state index contributed by atoms with van der Waals surface area (Å²) >= 11 is 0. The van der Waals surface area contributed by atoms with Gasteiger partial charge in [-0.25, -0.2) is 9.59 Å². The highest BCUT2D eigenvalue weighted by Gasteiger charge is 2.30. The molecule has 1 aliphatic carbocycles. The summed E-state index contributed by atoms with van der Waals surface area (Å²) < 4.78 is 38.3. The van der Waals surface area contributed by atoms with Crippen molar-refractivity contribution in [2.75, 3.05) is 11.9 Å². The monoisotopic (exact) mass is 574 g/mol. The number of nitrogens with one attached hydrogen (secondary N) is 2. The van der Waals surface area contributed by atoms with E-state index < -0.39 is 34.1 Å². The molecule has 5 rings (SSSR count). The van der Waals surface area contributed by atoms with Gasteiger partial charge in [-0.05, 0) is 40.8 Å². The Bertz CT molecular complexity index is 1720. The summed E-state index contributed by atoms with van der Waals surface area (Å²) in [5.74, 6) is -2.06. The molecule has 0 fully saturated rings. The first kappa shape index (κ1) is 27.8. The smallest absolute Gasteiger partial charge is 0.407 e. The third-order valence-corrected chi connectivity index (χ3v) is 7.94. The number of carboxylic acid groups (broad SMARTS) is 1. The fourth-order valence-electron chi connectivity index (χ4n) is 5.14. The molecule has 0 bridgehead atoms. The highest BCUT2D eigenvalue weighted by Crippen LogP contribution is 2.44. The van der Waals surface area contributed by atoms with Gasteiger partial charge in [0.2, 0.25) is 5.91 Å². The molecule has 0 saturated carbocycles. The third-order valence-electron chi connectivity index (χ3n) is 7.03. The van der Waals surface area contributed by atoms with Crippen LogP contribution in [0, 0.1) is 0 Å². The Morgan fingerprint density at radius 1 is 0.829 bits per heavy atom. The van der Waals surface area contributed by atoms with Gasteiger partial charge in [0.15, 0.2) is 0 Å². The summed E-state index contributed by atoms with van der Waals surface area (Å²) in [6, 6.07) is 23.1. The van der Waals surface area contributed by atoms with E-state index in [1.54, 1.807) is 12.1 Å². The molecule has 1 aliphatic rings. The average molecular weight is 575 g/mol. The number of fused-ring (bicyclic) bond motifs is 4. The minimum Gasteiger partial charge on any atom is -0.480 e. The molecule has 0 saturated heterocycles. The Hall–Kier alpha value is -4.74. The van der Waals surface area contributed by atoms with Gasteiger partial charge in [-0.15, -0.1) is 0 Å². The Morgan fingerprint density at radius 3 is 2.07 bits per heavy atom. The van der Waals surface area contributed by atoms with Crippen LogP contribution in [-0.2, 0) is 24.4 Å². The lowest BCUT2D eigenvalue weighted by Gasteiger charge is -2.17. The van der Waals surface area contributed by atoms with Gasteiger partial charge >= 0.3 is 12.1 Å². The van der Waals surface area contributed by atoms with Crippen LogP contribution in [0.3, 0.4) is 0 Å². The van der Waals surface area contributed by atoms with Crippen LogP contribution in [0.25, 0.3) is 21.9 Å². The maximum Gasteiger partial charge on any atom is 0.407 e. The molecule has 210 valence electrons. The number of ether oxygens (including phenoxy) is 1. The van der Waals surface area contributed by atoms with E-state index in [9.17, 15) is 32.5 Å². The number of hydrogen-bond donors (Lipinski definition) is 4. The number of amides is 2. The number of hydrogen-bond acceptors (Lipinski definition) is 6. The minimum atomic E-state index is -4.49. The van der Waals surface area contributed by atoms with Crippen molar-refractivity contribution in [2.24, 2.45) is 0 Å². The van der Waals surface area contributed by atoms with Crippen LogP contribution >= 0.6 is 0 Å². The second-order valence-corrected chi connectivity index (χ2v) is 11.0. The van der Waals surface area contributed by atoms with Gasteiger partial charge < -0.3 is 20.5 Å². The average Bonchev–Trinajstić information content (AvgIpc) is 3.27. The lowest BCUT2D eigenvalue weighted by atomic mass is 9.98. The highest BCUT2D eigenvalue weighted by molar-refractivity contribution is 7.86. The Balaban J connectivity index is 1.20. The van der Waals surface area contributed by atoms with Gasteiger partial charge in [-0.3, -0.25) is 9.35 Å². The van der Waals surface area contributed by atoms with Gasteiger partial charge in [0.05, 0.1) is 0 Å². The molecule has 10 nitrogen and oxygen atoms in total. The fourth-order valence-corrected chi connectivity index (χ4v) is 5.85. The van der Waals surface area contributed by atoms with Gasteiger partial charge in [0, 0.05) is 28.8 Å². The van der Waals surface area contributed by atoms with Crippen molar-refractivity contribution in [3.63, 3.8) is 0 Å². The predicted octanol–water partition coefficient (Wildman–Crippen LogP) is 4.80. The van der Waals surface area contributed by atoms with Gasteiger partial charge in [0.1, 0.15) is 17.5 Å². The largest absolute Gasteiger partial charge is 0.480 e. The summed E-state index contributed by atoms with van der Waals surface area (Å²) in [5.41, 5.74) is 4.45. The maximum absolute atomic E-state index is 12.7. The SMILES string of the molecule is O=C(CC[C@H](NC(=O)OCC1c2ccccc2-c2ccccc21)C(=O)O)Nc1cccc2c(S(=O)(=O)O)cccc12. The van der Waals surface area contributed by atoms with Crippen LogP contribution in [0.15, 0.2) is 89.8 Å². The number of rotatable bonds is 9. The van der Waals surface area contributed by atoms with E-state index in [4.69, 9.17) is 4.74 Å². The lowest BCUT2D eigenvalue weighted by molar-refractivity contribution is -0.139. The Kier molecular flexibility index (Phi) is 7.73. The van der Waals surface area contributed by atoms with E-state index in [1.807, 2.05) is 48.5 Å². The van der Waals surface area contributed by atoms with E-state index >= 15 is 0 Å². The second kappa shape index (κ2) is 11.4. The number of alkyl carbamates (subject to hydrolysis) is 1. The maximum atomic E-state index is 12.7. The van der Waals surface area contributed by atoms with Crippen molar-refractivity contribution in [3.05, 3.63) is 96.1 Å². The van der Waals surface area contributed by atoms with Crippen molar-refractivity contribution in [1.29, 1.82) is 0 Å². The number of anilines is 1. The molecule has 4 aromatic carbocycles.